The van der Waals surface area contributed by atoms with Crippen LogP contribution in [0.1, 0.15) is 361 Å². The van der Waals surface area contributed by atoms with E-state index in [4.69, 9.17) is 13.8 Å². The van der Waals surface area contributed by atoms with E-state index in [2.05, 4.69) is 50.4 Å². The summed E-state index contributed by atoms with van der Waals surface area (Å²) in [6, 6.07) is -0.846. The van der Waals surface area contributed by atoms with Crippen LogP contribution in [-0.4, -0.2) is 74.3 Å². The molecule has 0 aromatic rings. The maximum absolute atomic E-state index is 13.6. The largest absolute Gasteiger partial charge is 0.472 e. The van der Waals surface area contributed by atoms with Crippen molar-refractivity contribution in [3.8, 4) is 0 Å². The number of unbranched alkanes of at least 4 members (excludes halogenated alkanes) is 46. The summed E-state index contributed by atoms with van der Waals surface area (Å²) >= 11 is 0. The van der Waals surface area contributed by atoms with Gasteiger partial charge in [0.25, 0.3) is 0 Å². The smallest absolute Gasteiger partial charge is 0.456 e. The Bertz CT molecular complexity index is 1500. The fourth-order valence-electron chi connectivity index (χ4n) is 10.8. The summed E-state index contributed by atoms with van der Waals surface area (Å²) in [6.07, 6.45) is 77.3. The Morgan fingerprint density at radius 2 is 0.707 bits per heavy atom. The molecule has 0 rings (SSSR count). The van der Waals surface area contributed by atoms with E-state index in [0.717, 1.165) is 57.8 Å². The number of hydrogen-bond donors (Lipinski definition) is 2. The van der Waals surface area contributed by atoms with Gasteiger partial charge in [0.1, 0.15) is 19.3 Å². The second-order valence-electron chi connectivity index (χ2n) is 25.8. The molecule has 0 spiro atoms. The van der Waals surface area contributed by atoms with E-state index in [1.807, 2.05) is 33.3 Å². The van der Waals surface area contributed by atoms with Gasteiger partial charge in [-0.25, -0.2) is 4.57 Å². The van der Waals surface area contributed by atoms with E-state index in [1.165, 1.54) is 270 Å². The van der Waals surface area contributed by atoms with Crippen LogP contribution in [0, 0.1) is 0 Å². The quantitative estimate of drug-likeness (QED) is 0.0205. The number of nitrogens with zero attached hydrogens (tertiary/aromatic N) is 1. The molecule has 0 heterocycles. The highest BCUT2D eigenvalue weighted by Crippen LogP contribution is 2.43. The first-order valence-electron chi connectivity index (χ1n) is 35.8. The van der Waals surface area contributed by atoms with Gasteiger partial charge < -0.3 is 19.4 Å². The fourth-order valence-corrected chi connectivity index (χ4v) is 11.5. The van der Waals surface area contributed by atoms with E-state index in [0.29, 0.717) is 23.9 Å². The Labute approximate surface area is 510 Å². The van der Waals surface area contributed by atoms with Gasteiger partial charge in [-0.05, 0) is 83.1 Å². The van der Waals surface area contributed by atoms with Crippen LogP contribution in [0.15, 0.2) is 36.5 Å². The van der Waals surface area contributed by atoms with E-state index in [-0.39, 0.29) is 25.1 Å². The molecule has 82 heavy (non-hydrogen) atoms. The van der Waals surface area contributed by atoms with Crippen LogP contribution in [0.25, 0.3) is 0 Å². The van der Waals surface area contributed by atoms with E-state index in [9.17, 15) is 19.0 Å². The van der Waals surface area contributed by atoms with Crippen molar-refractivity contribution >= 4 is 19.7 Å². The van der Waals surface area contributed by atoms with Crippen LogP contribution in [0.3, 0.4) is 0 Å². The number of carbonyl (C=O) groups excluding carboxylic acids is 2. The highest BCUT2D eigenvalue weighted by atomic mass is 31.2. The van der Waals surface area contributed by atoms with Crippen molar-refractivity contribution in [2.24, 2.45) is 0 Å². The summed E-state index contributed by atoms with van der Waals surface area (Å²) < 4.78 is 30.8. The molecule has 1 amide bonds. The van der Waals surface area contributed by atoms with Crippen molar-refractivity contribution in [3.05, 3.63) is 36.5 Å². The van der Waals surface area contributed by atoms with Gasteiger partial charge in [-0.2, -0.15) is 0 Å². The van der Waals surface area contributed by atoms with Gasteiger partial charge in [-0.3, -0.25) is 18.6 Å². The van der Waals surface area contributed by atoms with Crippen molar-refractivity contribution in [1.29, 1.82) is 0 Å². The number of phosphoric acid groups is 1. The lowest BCUT2D eigenvalue weighted by Crippen LogP contribution is -2.47. The SMILES string of the molecule is CCCCCCCC/C=C/CCCCCCCCCCCCCCCC(=O)OC(/C=C/CCCCCCCCCCCC)C(COP(=O)(O)OCC[N+](C)(C)C)NC(=O)CCCCCCCCCCCCC/C=C/CCCCCCCC. The predicted octanol–water partition coefficient (Wildman–Crippen LogP) is 22.6. The summed E-state index contributed by atoms with van der Waals surface area (Å²) in [5.74, 6) is -0.488. The highest BCUT2D eigenvalue weighted by Gasteiger charge is 2.30. The molecular weight excluding hydrogens is 1040 g/mol. The van der Waals surface area contributed by atoms with Gasteiger partial charge in [0.2, 0.25) is 5.91 Å². The number of hydrogen-bond acceptors (Lipinski definition) is 6. The van der Waals surface area contributed by atoms with Crippen LogP contribution in [0.2, 0.25) is 0 Å². The molecule has 0 aromatic heterocycles. The molecule has 0 bridgehead atoms. The van der Waals surface area contributed by atoms with Gasteiger partial charge in [-0.1, -0.05) is 302 Å². The second-order valence-corrected chi connectivity index (χ2v) is 27.2. The van der Waals surface area contributed by atoms with Crippen LogP contribution >= 0.6 is 7.82 Å². The summed E-state index contributed by atoms with van der Waals surface area (Å²) in [7, 11) is 1.51. The molecule has 9 nitrogen and oxygen atoms in total. The van der Waals surface area contributed by atoms with E-state index < -0.39 is 20.0 Å². The average Bonchev–Trinajstić information content (AvgIpc) is 3.44. The Morgan fingerprint density at radius 1 is 0.415 bits per heavy atom. The molecule has 0 aliphatic carbocycles. The number of nitrogens with one attached hydrogen (secondary N) is 1. The molecule has 0 saturated carbocycles. The standard InChI is InChI=1S/C72H139N2O7P/c1-7-10-13-16-19-22-25-28-30-32-34-36-37-39-41-43-45-47-50-53-56-59-62-65-72(76)81-70(63-60-57-54-51-48-27-24-21-18-15-12-9-3)69(68-80-82(77,78)79-67-66-74(4,5)6)73-71(75)64-61-58-55-52-49-46-44-42-40-38-35-33-31-29-26-23-20-17-14-11-8-2/h28-31,60,63,69-70H,7-27,32-59,61-62,64-68H2,1-6H3,(H-,73,75,77,78)/p+1/b30-28+,31-29+,63-60+. The molecule has 3 unspecified atom stereocenters. The van der Waals surface area contributed by atoms with Gasteiger partial charge in [0, 0.05) is 12.8 Å². The van der Waals surface area contributed by atoms with E-state index >= 15 is 0 Å². The third-order valence-electron chi connectivity index (χ3n) is 16.3. The Morgan fingerprint density at radius 3 is 1.04 bits per heavy atom. The van der Waals surface area contributed by atoms with Crippen molar-refractivity contribution in [1.82, 2.24) is 5.32 Å². The number of phosphoric ester groups is 1. The maximum atomic E-state index is 13.6. The lowest BCUT2D eigenvalue weighted by molar-refractivity contribution is -0.870. The highest BCUT2D eigenvalue weighted by molar-refractivity contribution is 7.47. The molecule has 0 fully saturated rings. The normalized spacial score (nSPS) is 13.7. The third-order valence-corrected chi connectivity index (χ3v) is 17.3. The number of rotatable bonds is 66. The fraction of sp³-hybridized carbons (Fsp3) is 0.889. The van der Waals surface area contributed by atoms with Gasteiger partial charge in [0.05, 0.1) is 33.8 Å². The lowest BCUT2D eigenvalue weighted by atomic mass is 10.0. The van der Waals surface area contributed by atoms with Crippen molar-refractivity contribution in [2.75, 3.05) is 40.9 Å². The summed E-state index contributed by atoms with van der Waals surface area (Å²) in [5, 5.41) is 3.08. The number of carbonyl (C=O) groups is 2. The van der Waals surface area contributed by atoms with Crippen molar-refractivity contribution in [2.45, 2.75) is 373 Å². The molecule has 2 N–H and O–H groups in total. The molecule has 0 aliphatic heterocycles. The zero-order valence-corrected chi connectivity index (χ0v) is 56.4. The minimum atomic E-state index is -4.45. The lowest BCUT2D eigenvalue weighted by Gasteiger charge is -2.27. The Hall–Kier alpha value is -1.77. The molecule has 3 atom stereocenters. The van der Waals surface area contributed by atoms with Gasteiger partial charge >= 0.3 is 13.8 Å². The first-order chi connectivity index (χ1) is 39.9. The van der Waals surface area contributed by atoms with Crippen LogP contribution < -0.4 is 5.32 Å². The Kier molecular flexibility index (Phi) is 60.9. The van der Waals surface area contributed by atoms with Crippen LogP contribution in [0.5, 0.6) is 0 Å². The number of amides is 1. The first kappa shape index (κ1) is 80.2. The topological polar surface area (TPSA) is 111 Å². The second kappa shape index (κ2) is 62.3. The summed E-state index contributed by atoms with van der Waals surface area (Å²) in [5.41, 5.74) is 0. The summed E-state index contributed by atoms with van der Waals surface area (Å²) in [6.45, 7) is 7.06. The summed E-state index contributed by atoms with van der Waals surface area (Å²) in [4.78, 5) is 37.9. The number of esters is 1. The molecule has 0 aliphatic rings. The number of allylic oxidation sites excluding steroid dienone is 5. The minimum Gasteiger partial charge on any atom is -0.456 e. The molecule has 484 valence electrons. The zero-order valence-electron chi connectivity index (χ0n) is 55.5. The van der Waals surface area contributed by atoms with Gasteiger partial charge in [-0.15, -0.1) is 0 Å². The molecule has 0 radical (unpaired) electrons. The van der Waals surface area contributed by atoms with Gasteiger partial charge in [0.15, 0.2) is 0 Å². The monoisotopic (exact) mass is 1180 g/mol. The van der Waals surface area contributed by atoms with Crippen LogP contribution in [0.4, 0.5) is 0 Å². The molecule has 10 heteroatoms. The molecular formula is C72H140N2O7P+. The first-order valence-corrected chi connectivity index (χ1v) is 37.3. The van der Waals surface area contributed by atoms with Crippen LogP contribution in [-0.2, 0) is 27.9 Å². The number of likely N-dealkylation sites (N-methyl/N-ethyl adjacent to an activating group) is 1. The molecule has 0 aromatic carbocycles. The molecule has 0 saturated heterocycles. The van der Waals surface area contributed by atoms with E-state index in [1.54, 1.807) is 0 Å². The average molecular weight is 1180 g/mol. The number of quaternary nitrogens is 1. The predicted molar refractivity (Wildman–Crippen MR) is 356 cm³/mol. The number of ether oxygens (including phenoxy) is 1. The third kappa shape index (κ3) is 62.8. The maximum Gasteiger partial charge on any atom is 0.472 e. The Balaban J connectivity index is 5.05. The zero-order chi connectivity index (χ0) is 60.0. The van der Waals surface area contributed by atoms with Crippen molar-refractivity contribution in [3.63, 3.8) is 0 Å². The minimum absolute atomic E-state index is 0.0426. The van der Waals surface area contributed by atoms with Crippen molar-refractivity contribution < 1.29 is 37.3 Å².